The maximum Gasteiger partial charge on any atom is 0.322 e. The Kier molecular flexibility index (Phi) is 5.55. The molecule has 1 aromatic rings. The van der Waals surface area contributed by atoms with Crippen molar-refractivity contribution in [1.82, 2.24) is 4.72 Å². The molecular weight excluding hydrogens is 306 g/mol. The van der Waals surface area contributed by atoms with Crippen molar-refractivity contribution in [1.29, 1.82) is 0 Å². The summed E-state index contributed by atoms with van der Waals surface area (Å²) in [6.45, 7) is 3.39. The van der Waals surface area contributed by atoms with Gasteiger partial charge in [0.15, 0.2) is 0 Å². The first-order chi connectivity index (χ1) is 9.31. The number of hydrogen-bond donors (Lipinski definition) is 2. The number of nitrogens with one attached hydrogen (secondary N) is 1. The van der Waals surface area contributed by atoms with Gasteiger partial charge in [-0.1, -0.05) is 17.7 Å². The van der Waals surface area contributed by atoms with Crippen molar-refractivity contribution in [2.24, 2.45) is 0 Å². The van der Waals surface area contributed by atoms with Crippen LogP contribution in [0.1, 0.15) is 6.42 Å². The Morgan fingerprint density at radius 1 is 1.60 bits per heavy atom. The first-order valence-electron chi connectivity index (χ1n) is 5.51. The van der Waals surface area contributed by atoms with Crippen LogP contribution in [0.5, 0.6) is 5.75 Å². The molecule has 0 aliphatic heterocycles. The van der Waals surface area contributed by atoms with E-state index in [0.717, 1.165) is 0 Å². The van der Waals surface area contributed by atoms with E-state index < -0.39 is 22.0 Å². The lowest BCUT2D eigenvalue weighted by Crippen LogP contribution is -2.40. The minimum Gasteiger partial charge on any atom is -0.495 e. The molecule has 110 valence electrons. The topological polar surface area (TPSA) is 92.7 Å². The molecular formula is C12H14ClNO5S. The zero-order chi connectivity index (χ0) is 15.3. The SMILES string of the molecule is C=CCC(NS(=O)(=O)c1ccc(OC)c(Cl)c1)C(=O)O. The first kappa shape index (κ1) is 16.5. The van der Waals surface area contributed by atoms with Crippen LogP contribution < -0.4 is 9.46 Å². The first-order valence-corrected chi connectivity index (χ1v) is 7.37. The summed E-state index contributed by atoms with van der Waals surface area (Å²) < 4.78 is 31.1. The average Bonchev–Trinajstić information content (AvgIpc) is 2.37. The molecule has 0 aromatic heterocycles. The second kappa shape index (κ2) is 6.74. The Morgan fingerprint density at radius 3 is 2.70 bits per heavy atom. The molecule has 6 nitrogen and oxygen atoms in total. The van der Waals surface area contributed by atoms with E-state index in [1.807, 2.05) is 0 Å². The highest BCUT2D eigenvalue weighted by Gasteiger charge is 2.24. The molecule has 20 heavy (non-hydrogen) atoms. The van der Waals surface area contributed by atoms with E-state index in [4.69, 9.17) is 21.4 Å². The molecule has 0 aliphatic carbocycles. The monoisotopic (exact) mass is 319 g/mol. The summed E-state index contributed by atoms with van der Waals surface area (Å²) in [5.74, 6) is -0.959. The van der Waals surface area contributed by atoms with Crippen LogP contribution >= 0.6 is 11.6 Å². The zero-order valence-corrected chi connectivity index (χ0v) is 12.2. The minimum absolute atomic E-state index is 0.0293. The number of methoxy groups -OCH3 is 1. The second-order valence-electron chi connectivity index (χ2n) is 3.83. The van der Waals surface area contributed by atoms with Gasteiger partial charge in [0, 0.05) is 0 Å². The lowest BCUT2D eigenvalue weighted by Gasteiger charge is -2.13. The van der Waals surface area contributed by atoms with E-state index in [1.54, 1.807) is 0 Å². The summed E-state index contributed by atoms with van der Waals surface area (Å²) in [6.07, 6.45) is 1.29. The van der Waals surface area contributed by atoms with Gasteiger partial charge in [0.1, 0.15) is 11.8 Å². The highest BCUT2D eigenvalue weighted by Crippen LogP contribution is 2.26. The van der Waals surface area contributed by atoms with Gasteiger partial charge in [0.05, 0.1) is 17.0 Å². The van der Waals surface area contributed by atoms with Crippen LogP contribution in [0.25, 0.3) is 0 Å². The van der Waals surface area contributed by atoms with E-state index in [-0.39, 0.29) is 16.3 Å². The number of rotatable bonds is 7. The van der Waals surface area contributed by atoms with Gasteiger partial charge in [-0.25, -0.2) is 8.42 Å². The lowest BCUT2D eigenvalue weighted by molar-refractivity contribution is -0.138. The van der Waals surface area contributed by atoms with Crippen LogP contribution in [0.3, 0.4) is 0 Å². The van der Waals surface area contributed by atoms with E-state index in [2.05, 4.69) is 11.3 Å². The van der Waals surface area contributed by atoms with Crippen molar-refractivity contribution in [2.45, 2.75) is 17.4 Å². The Balaban J connectivity index is 3.07. The molecule has 0 saturated carbocycles. The van der Waals surface area contributed by atoms with Gasteiger partial charge < -0.3 is 9.84 Å². The van der Waals surface area contributed by atoms with Crippen molar-refractivity contribution in [3.05, 3.63) is 35.9 Å². The Hall–Kier alpha value is -1.57. The largest absolute Gasteiger partial charge is 0.495 e. The van der Waals surface area contributed by atoms with E-state index in [0.29, 0.717) is 5.75 Å². The fourth-order valence-corrected chi connectivity index (χ4v) is 2.99. The maximum atomic E-state index is 12.1. The highest BCUT2D eigenvalue weighted by atomic mass is 35.5. The summed E-state index contributed by atoms with van der Waals surface area (Å²) in [5.41, 5.74) is 0. The molecule has 1 atom stereocenters. The van der Waals surface area contributed by atoms with Crippen molar-refractivity contribution in [2.75, 3.05) is 7.11 Å². The number of aliphatic carboxylic acids is 1. The van der Waals surface area contributed by atoms with Crippen LogP contribution in [-0.2, 0) is 14.8 Å². The molecule has 1 aromatic carbocycles. The van der Waals surface area contributed by atoms with Crippen LogP contribution in [0.4, 0.5) is 0 Å². The predicted octanol–water partition coefficient (Wildman–Crippen LogP) is 1.66. The smallest absolute Gasteiger partial charge is 0.322 e. The lowest BCUT2D eigenvalue weighted by atomic mass is 10.2. The van der Waals surface area contributed by atoms with Crippen molar-refractivity contribution < 1.29 is 23.1 Å². The number of carboxylic acid groups (broad SMARTS) is 1. The standard InChI is InChI=1S/C12H14ClNO5S/c1-3-4-10(12(15)16)14-20(17,18)8-5-6-11(19-2)9(13)7-8/h3,5-7,10,14H,1,4H2,2H3,(H,15,16). The van der Waals surface area contributed by atoms with Gasteiger partial charge in [-0.2, -0.15) is 4.72 Å². The Morgan fingerprint density at radius 2 is 2.25 bits per heavy atom. The minimum atomic E-state index is -3.99. The molecule has 0 aliphatic rings. The van der Waals surface area contributed by atoms with Gasteiger partial charge >= 0.3 is 5.97 Å². The van der Waals surface area contributed by atoms with Crippen LogP contribution in [0.15, 0.2) is 35.7 Å². The third-order valence-corrected chi connectivity index (χ3v) is 4.20. The third-order valence-electron chi connectivity index (χ3n) is 2.43. The van der Waals surface area contributed by atoms with Crippen molar-refractivity contribution >= 4 is 27.6 Å². The molecule has 0 amide bonds. The zero-order valence-electron chi connectivity index (χ0n) is 10.7. The number of carbonyl (C=O) groups is 1. The molecule has 0 fully saturated rings. The molecule has 2 N–H and O–H groups in total. The quantitative estimate of drug-likeness (QED) is 0.746. The summed E-state index contributed by atoms with van der Waals surface area (Å²) in [4.78, 5) is 10.8. The van der Waals surface area contributed by atoms with Gasteiger partial charge in [-0.15, -0.1) is 6.58 Å². The normalized spacial score (nSPS) is 12.7. The van der Waals surface area contributed by atoms with Crippen LogP contribution in [0.2, 0.25) is 5.02 Å². The predicted molar refractivity (Wildman–Crippen MR) is 74.6 cm³/mol. The fourth-order valence-electron chi connectivity index (χ4n) is 1.44. The number of benzene rings is 1. The van der Waals surface area contributed by atoms with Crippen molar-refractivity contribution in [3.8, 4) is 5.75 Å². The molecule has 0 heterocycles. The van der Waals surface area contributed by atoms with Crippen LogP contribution in [-0.4, -0.2) is 32.6 Å². The maximum absolute atomic E-state index is 12.1. The number of sulfonamides is 1. The highest BCUT2D eigenvalue weighted by molar-refractivity contribution is 7.89. The van der Waals surface area contributed by atoms with Crippen molar-refractivity contribution in [3.63, 3.8) is 0 Å². The van der Waals surface area contributed by atoms with Gasteiger partial charge in [0.25, 0.3) is 0 Å². The fraction of sp³-hybridized carbons (Fsp3) is 0.250. The third kappa shape index (κ3) is 3.96. The molecule has 1 rings (SSSR count). The summed E-state index contributed by atoms with van der Waals surface area (Å²) in [5, 5.41) is 9.05. The number of halogens is 1. The van der Waals surface area contributed by atoms with Gasteiger partial charge in [-0.05, 0) is 24.6 Å². The van der Waals surface area contributed by atoms with Crippen LogP contribution in [0, 0.1) is 0 Å². The molecule has 0 bridgehead atoms. The number of hydrogen-bond acceptors (Lipinski definition) is 4. The average molecular weight is 320 g/mol. The molecule has 8 heteroatoms. The summed E-state index contributed by atoms with van der Waals surface area (Å²) >= 11 is 5.85. The van der Waals surface area contributed by atoms with Gasteiger partial charge in [-0.3, -0.25) is 4.79 Å². The van der Waals surface area contributed by atoms with E-state index in [9.17, 15) is 13.2 Å². The van der Waals surface area contributed by atoms with E-state index >= 15 is 0 Å². The molecule has 0 radical (unpaired) electrons. The molecule has 0 spiro atoms. The molecule has 0 saturated heterocycles. The molecule has 1 unspecified atom stereocenters. The summed E-state index contributed by atoms with van der Waals surface area (Å²) in [6, 6.07) is 2.58. The number of ether oxygens (including phenoxy) is 1. The van der Waals surface area contributed by atoms with Gasteiger partial charge in [0.2, 0.25) is 10.0 Å². The van der Waals surface area contributed by atoms with E-state index in [1.165, 1.54) is 31.4 Å². The number of carboxylic acids is 1. The summed E-state index contributed by atoms with van der Waals surface area (Å²) in [7, 11) is -2.59. The Labute approximate surface area is 122 Å². The second-order valence-corrected chi connectivity index (χ2v) is 5.95. The Bertz CT molecular complexity index is 614.